The maximum Gasteiger partial charge on any atom is 0.315 e. The van der Waals surface area contributed by atoms with Gasteiger partial charge in [0, 0.05) is 19.1 Å². The lowest BCUT2D eigenvalue weighted by Gasteiger charge is -2.27. The molecule has 0 radical (unpaired) electrons. The molecule has 2 saturated heterocycles. The Hall–Kier alpha value is -0.810. The number of urea groups is 1. The van der Waals surface area contributed by atoms with E-state index in [9.17, 15) is 4.79 Å². The summed E-state index contributed by atoms with van der Waals surface area (Å²) >= 11 is 0. The summed E-state index contributed by atoms with van der Waals surface area (Å²) in [6.45, 7) is 6.16. The lowest BCUT2D eigenvalue weighted by molar-refractivity contribution is 0.217. The molecule has 18 heavy (non-hydrogen) atoms. The molecular formula is C13H26N4O. The molecule has 0 saturated carbocycles. The number of nitrogens with zero attached hydrogens (tertiary/aromatic N) is 1. The third-order valence-electron chi connectivity index (χ3n) is 3.84. The number of carbonyl (C=O) groups excluding carboxylic acids is 1. The molecule has 2 heterocycles. The summed E-state index contributed by atoms with van der Waals surface area (Å²) in [6.07, 6.45) is 6.06. The fourth-order valence-corrected chi connectivity index (χ4v) is 2.71. The van der Waals surface area contributed by atoms with Gasteiger partial charge < -0.3 is 20.9 Å². The summed E-state index contributed by atoms with van der Waals surface area (Å²) in [6, 6.07) is 0.347. The van der Waals surface area contributed by atoms with Crippen LogP contribution < -0.4 is 16.0 Å². The average molecular weight is 254 g/mol. The largest absolute Gasteiger partial charge is 0.337 e. The highest BCUT2D eigenvalue weighted by Gasteiger charge is 2.15. The van der Waals surface area contributed by atoms with Crippen LogP contribution in [0.1, 0.15) is 32.1 Å². The molecule has 2 aliphatic rings. The number of hydrogen-bond donors (Lipinski definition) is 3. The molecule has 0 unspecified atom stereocenters. The van der Waals surface area contributed by atoms with Crippen molar-refractivity contribution in [1.29, 1.82) is 0 Å². The molecule has 0 atom stereocenters. The van der Waals surface area contributed by atoms with Crippen molar-refractivity contribution in [3.05, 3.63) is 0 Å². The molecule has 2 aliphatic heterocycles. The van der Waals surface area contributed by atoms with Gasteiger partial charge in [0.05, 0.1) is 0 Å². The minimum Gasteiger partial charge on any atom is -0.337 e. The maximum atomic E-state index is 11.7. The van der Waals surface area contributed by atoms with Gasteiger partial charge in [0.2, 0.25) is 0 Å². The van der Waals surface area contributed by atoms with E-state index in [1.807, 2.05) is 0 Å². The summed E-state index contributed by atoms with van der Waals surface area (Å²) in [7, 11) is 0. The van der Waals surface area contributed by atoms with Crippen molar-refractivity contribution >= 4 is 6.03 Å². The Bertz CT molecular complexity index is 247. The van der Waals surface area contributed by atoms with Gasteiger partial charge in [-0.2, -0.15) is 0 Å². The Kier molecular flexibility index (Phi) is 5.74. The molecule has 0 spiro atoms. The van der Waals surface area contributed by atoms with Gasteiger partial charge in [0.1, 0.15) is 0 Å². The predicted octanol–water partition coefficient (Wildman–Crippen LogP) is 0.524. The Morgan fingerprint density at radius 1 is 1.17 bits per heavy atom. The second-order valence-electron chi connectivity index (χ2n) is 5.33. The van der Waals surface area contributed by atoms with Crippen LogP contribution in [0.5, 0.6) is 0 Å². The number of hydrogen-bond acceptors (Lipinski definition) is 3. The van der Waals surface area contributed by atoms with Crippen molar-refractivity contribution in [2.24, 2.45) is 0 Å². The van der Waals surface area contributed by atoms with Crippen LogP contribution in [0.25, 0.3) is 0 Å². The normalized spacial score (nSPS) is 22.7. The van der Waals surface area contributed by atoms with E-state index in [1.165, 1.54) is 32.4 Å². The summed E-state index contributed by atoms with van der Waals surface area (Å²) in [5.74, 6) is 0. The highest BCUT2D eigenvalue weighted by Crippen LogP contribution is 2.07. The van der Waals surface area contributed by atoms with Crippen molar-refractivity contribution in [3.63, 3.8) is 0 Å². The summed E-state index contributed by atoms with van der Waals surface area (Å²) < 4.78 is 0. The van der Waals surface area contributed by atoms with Gasteiger partial charge in [0.25, 0.3) is 0 Å². The fourth-order valence-electron chi connectivity index (χ4n) is 2.71. The summed E-state index contributed by atoms with van der Waals surface area (Å²) in [4.78, 5) is 14.1. The van der Waals surface area contributed by atoms with Crippen molar-refractivity contribution in [3.8, 4) is 0 Å². The molecule has 2 fully saturated rings. The quantitative estimate of drug-likeness (QED) is 0.686. The first-order valence-electron chi connectivity index (χ1n) is 7.32. The van der Waals surface area contributed by atoms with E-state index >= 15 is 0 Å². The number of piperidine rings is 2. The topological polar surface area (TPSA) is 56.4 Å². The lowest BCUT2D eigenvalue weighted by atomic mass is 10.1. The zero-order valence-electron chi connectivity index (χ0n) is 11.2. The molecule has 2 amide bonds. The van der Waals surface area contributed by atoms with Gasteiger partial charge >= 0.3 is 6.03 Å². The van der Waals surface area contributed by atoms with Crippen LogP contribution in [-0.4, -0.2) is 56.2 Å². The first-order chi connectivity index (χ1) is 8.84. The molecule has 104 valence electrons. The van der Waals surface area contributed by atoms with E-state index in [0.717, 1.165) is 39.0 Å². The molecule has 5 nitrogen and oxygen atoms in total. The van der Waals surface area contributed by atoms with Crippen molar-refractivity contribution in [1.82, 2.24) is 20.9 Å². The van der Waals surface area contributed by atoms with Crippen molar-refractivity contribution in [2.45, 2.75) is 38.1 Å². The Morgan fingerprint density at radius 2 is 1.89 bits per heavy atom. The number of likely N-dealkylation sites (tertiary alicyclic amines) is 1. The monoisotopic (exact) mass is 254 g/mol. The first kappa shape index (κ1) is 13.6. The molecule has 3 N–H and O–H groups in total. The zero-order valence-corrected chi connectivity index (χ0v) is 11.2. The first-order valence-corrected chi connectivity index (χ1v) is 7.32. The highest BCUT2D eigenvalue weighted by atomic mass is 16.2. The minimum atomic E-state index is -0.00101. The summed E-state index contributed by atoms with van der Waals surface area (Å²) in [5, 5.41) is 9.31. The van der Waals surface area contributed by atoms with Crippen LogP contribution in [-0.2, 0) is 0 Å². The van der Waals surface area contributed by atoms with Gasteiger partial charge in [-0.3, -0.25) is 0 Å². The molecule has 2 rings (SSSR count). The van der Waals surface area contributed by atoms with E-state index in [2.05, 4.69) is 20.9 Å². The number of amides is 2. The van der Waals surface area contributed by atoms with E-state index in [1.54, 1.807) is 0 Å². The number of nitrogens with one attached hydrogen (secondary N) is 3. The van der Waals surface area contributed by atoms with Gasteiger partial charge in [-0.15, -0.1) is 0 Å². The second-order valence-corrected chi connectivity index (χ2v) is 5.33. The highest BCUT2D eigenvalue weighted by molar-refractivity contribution is 5.74. The van der Waals surface area contributed by atoms with Crippen LogP contribution in [0.3, 0.4) is 0 Å². The van der Waals surface area contributed by atoms with Crippen LogP contribution in [0, 0.1) is 0 Å². The van der Waals surface area contributed by atoms with E-state index in [0.29, 0.717) is 6.04 Å². The molecule has 0 aromatic rings. The van der Waals surface area contributed by atoms with Gasteiger partial charge in [-0.25, -0.2) is 4.79 Å². The van der Waals surface area contributed by atoms with Crippen LogP contribution >= 0.6 is 0 Å². The third kappa shape index (κ3) is 4.82. The standard InChI is InChI=1S/C13H26N4O/c18-13(16-12-4-6-14-7-5-12)15-8-11-17-9-2-1-3-10-17/h12,14H,1-11H2,(H2,15,16,18). The molecule has 0 aromatic carbocycles. The molecule has 5 heteroatoms. The average Bonchev–Trinajstić information content (AvgIpc) is 2.41. The smallest absolute Gasteiger partial charge is 0.315 e. The van der Waals surface area contributed by atoms with Gasteiger partial charge in [0.15, 0.2) is 0 Å². The number of rotatable bonds is 4. The Morgan fingerprint density at radius 3 is 2.61 bits per heavy atom. The van der Waals surface area contributed by atoms with Crippen molar-refractivity contribution in [2.75, 3.05) is 39.3 Å². The Balaban J connectivity index is 1.53. The maximum absolute atomic E-state index is 11.7. The third-order valence-corrected chi connectivity index (χ3v) is 3.84. The SMILES string of the molecule is O=C(NCCN1CCCCC1)NC1CCNCC1. The van der Waals surface area contributed by atoms with E-state index in [-0.39, 0.29) is 6.03 Å². The number of carbonyl (C=O) groups is 1. The van der Waals surface area contributed by atoms with Crippen molar-refractivity contribution < 1.29 is 4.79 Å². The van der Waals surface area contributed by atoms with E-state index in [4.69, 9.17) is 0 Å². The zero-order chi connectivity index (χ0) is 12.6. The molecule has 0 aromatic heterocycles. The molecular weight excluding hydrogens is 228 g/mol. The van der Waals surface area contributed by atoms with Gasteiger partial charge in [-0.1, -0.05) is 6.42 Å². The predicted molar refractivity (Wildman–Crippen MR) is 72.7 cm³/mol. The molecule has 0 aliphatic carbocycles. The summed E-state index contributed by atoms with van der Waals surface area (Å²) in [5.41, 5.74) is 0. The second kappa shape index (κ2) is 7.59. The molecule has 0 bridgehead atoms. The fraction of sp³-hybridized carbons (Fsp3) is 0.923. The Labute approximate surface area is 110 Å². The van der Waals surface area contributed by atoms with Crippen LogP contribution in [0.15, 0.2) is 0 Å². The van der Waals surface area contributed by atoms with E-state index < -0.39 is 0 Å². The lowest BCUT2D eigenvalue weighted by Crippen LogP contribution is -2.48. The van der Waals surface area contributed by atoms with Crippen LogP contribution in [0.4, 0.5) is 4.79 Å². The van der Waals surface area contributed by atoms with Crippen LogP contribution in [0.2, 0.25) is 0 Å². The van der Waals surface area contributed by atoms with Gasteiger partial charge in [-0.05, 0) is 51.9 Å². The minimum absolute atomic E-state index is 0.00101.